The molecule has 2 atom stereocenters. The number of aliphatic hydroxyl groups excluding tert-OH is 1. The van der Waals surface area contributed by atoms with Crippen LogP contribution in [0.15, 0.2) is 0 Å². The Hall–Kier alpha value is -1.30. The lowest BCUT2D eigenvalue weighted by molar-refractivity contribution is -0.151. The van der Waals surface area contributed by atoms with Crippen molar-refractivity contribution in [2.45, 2.75) is 58.6 Å². The van der Waals surface area contributed by atoms with E-state index >= 15 is 0 Å². The molecule has 0 aliphatic carbocycles. The summed E-state index contributed by atoms with van der Waals surface area (Å²) >= 11 is 0. The molecule has 0 saturated carbocycles. The van der Waals surface area contributed by atoms with Gasteiger partial charge in [-0.3, -0.25) is 4.90 Å². The van der Waals surface area contributed by atoms with Gasteiger partial charge in [-0.15, -0.1) is 0 Å². The Balaban J connectivity index is 2.79. The highest BCUT2D eigenvalue weighted by atomic mass is 16.6. The van der Waals surface area contributed by atoms with Gasteiger partial charge < -0.3 is 14.6 Å². The number of carbonyl (C=O) groups is 2. The lowest BCUT2D eigenvalue weighted by Crippen LogP contribution is -2.52. The quantitative estimate of drug-likeness (QED) is 0.803. The highest BCUT2D eigenvalue weighted by molar-refractivity contribution is 5.81. The second kappa shape index (κ2) is 7.64. The molecule has 0 aromatic carbocycles. The second-order valence-electron chi connectivity index (χ2n) is 6.34. The number of esters is 1. The van der Waals surface area contributed by atoms with Crippen LogP contribution in [0.3, 0.4) is 0 Å². The first-order chi connectivity index (χ1) is 9.78. The van der Waals surface area contributed by atoms with Crippen molar-refractivity contribution in [3.8, 4) is 0 Å². The normalized spacial score (nSPS) is 22.8. The third-order valence-electron chi connectivity index (χ3n) is 3.44. The standard InChI is InChI=1S/C15H27NO5/c1-5-20-13(18)12-10-11(7-9-17)6-8-16(12)14(19)21-15(2,3)4/h11-12,17H,5-10H2,1-4H3/t11?,12-/m1/s1. The smallest absolute Gasteiger partial charge is 0.411 e. The molecular formula is C15H27NO5. The van der Waals surface area contributed by atoms with E-state index in [1.807, 2.05) is 0 Å². The van der Waals surface area contributed by atoms with Crippen molar-refractivity contribution in [3.63, 3.8) is 0 Å². The van der Waals surface area contributed by atoms with Crippen LogP contribution < -0.4 is 0 Å². The van der Waals surface area contributed by atoms with Crippen LogP contribution in [-0.4, -0.2) is 53.5 Å². The number of hydrogen-bond donors (Lipinski definition) is 1. The summed E-state index contributed by atoms with van der Waals surface area (Å²) in [6.45, 7) is 7.94. The van der Waals surface area contributed by atoms with Crippen molar-refractivity contribution < 1.29 is 24.2 Å². The Morgan fingerprint density at radius 1 is 1.33 bits per heavy atom. The molecule has 6 nitrogen and oxygen atoms in total. The monoisotopic (exact) mass is 301 g/mol. The van der Waals surface area contributed by atoms with Crippen LogP contribution >= 0.6 is 0 Å². The van der Waals surface area contributed by atoms with Gasteiger partial charge in [-0.2, -0.15) is 0 Å². The maximum absolute atomic E-state index is 12.2. The SMILES string of the molecule is CCOC(=O)[C@H]1CC(CCO)CCN1C(=O)OC(C)(C)C. The van der Waals surface area contributed by atoms with Gasteiger partial charge in [-0.05, 0) is 52.9 Å². The molecule has 1 fully saturated rings. The van der Waals surface area contributed by atoms with Crippen molar-refractivity contribution in [1.29, 1.82) is 0 Å². The van der Waals surface area contributed by atoms with Crippen LogP contribution in [0, 0.1) is 5.92 Å². The molecule has 1 rings (SSSR count). The van der Waals surface area contributed by atoms with Gasteiger partial charge in [0, 0.05) is 13.2 Å². The fourth-order valence-electron chi connectivity index (χ4n) is 2.48. The zero-order chi connectivity index (χ0) is 16.0. The number of ether oxygens (including phenoxy) is 2. The maximum atomic E-state index is 12.2. The maximum Gasteiger partial charge on any atom is 0.411 e. The zero-order valence-electron chi connectivity index (χ0n) is 13.4. The molecule has 0 aromatic rings. The minimum absolute atomic E-state index is 0.0899. The fourth-order valence-corrected chi connectivity index (χ4v) is 2.48. The number of nitrogens with zero attached hydrogens (tertiary/aromatic N) is 1. The number of rotatable bonds is 4. The van der Waals surface area contributed by atoms with Crippen LogP contribution in [-0.2, 0) is 14.3 Å². The van der Waals surface area contributed by atoms with E-state index in [4.69, 9.17) is 14.6 Å². The van der Waals surface area contributed by atoms with E-state index in [0.717, 1.165) is 6.42 Å². The predicted molar refractivity (Wildman–Crippen MR) is 77.8 cm³/mol. The fraction of sp³-hybridized carbons (Fsp3) is 0.867. The van der Waals surface area contributed by atoms with Crippen LogP contribution in [0.4, 0.5) is 4.79 Å². The summed E-state index contributed by atoms with van der Waals surface area (Å²) in [6, 6.07) is -0.620. The average Bonchev–Trinajstić information content (AvgIpc) is 2.37. The molecule has 0 spiro atoms. The molecule has 1 aliphatic rings. The minimum Gasteiger partial charge on any atom is -0.464 e. The van der Waals surface area contributed by atoms with Crippen molar-refractivity contribution in [1.82, 2.24) is 4.90 Å². The van der Waals surface area contributed by atoms with Gasteiger partial charge in [0.2, 0.25) is 0 Å². The first-order valence-corrected chi connectivity index (χ1v) is 7.55. The second-order valence-corrected chi connectivity index (χ2v) is 6.34. The van der Waals surface area contributed by atoms with Gasteiger partial charge >= 0.3 is 12.1 Å². The van der Waals surface area contributed by atoms with E-state index < -0.39 is 23.7 Å². The van der Waals surface area contributed by atoms with E-state index in [1.165, 1.54) is 4.90 Å². The molecule has 1 N–H and O–H groups in total. The van der Waals surface area contributed by atoms with Gasteiger partial charge in [0.1, 0.15) is 11.6 Å². The number of likely N-dealkylation sites (tertiary alicyclic amines) is 1. The summed E-state index contributed by atoms with van der Waals surface area (Å²) < 4.78 is 10.4. The van der Waals surface area contributed by atoms with E-state index in [9.17, 15) is 9.59 Å². The van der Waals surface area contributed by atoms with Crippen molar-refractivity contribution in [2.24, 2.45) is 5.92 Å². The molecular weight excluding hydrogens is 274 g/mol. The molecule has 1 amide bonds. The molecule has 6 heteroatoms. The molecule has 1 saturated heterocycles. The topological polar surface area (TPSA) is 76.1 Å². The van der Waals surface area contributed by atoms with E-state index in [-0.39, 0.29) is 19.1 Å². The van der Waals surface area contributed by atoms with Crippen LogP contribution in [0.5, 0.6) is 0 Å². The Bertz CT molecular complexity index is 364. The Morgan fingerprint density at radius 2 is 2.00 bits per heavy atom. The van der Waals surface area contributed by atoms with Crippen LogP contribution in [0.25, 0.3) is 0 Å². The van der Waals surface area contributed by atoms with Crippen molar-refractivity contribution >= 4 is 12.1 Å². The summed E-state index contributed by atoms with van der Waals surface area (Å²) in [7, 11) is 0. The highest BCUT2D eigenvalue weighted by Gasteiger charge is 2.38. The van der Waals surface area contributed by atoms with Gasteiger partial charge in [-0.1, -0.05) is 0 Å². The van der Waals surface area contributed by atoms with E-state index in [0.29, 0.717) is 19.4 Å². The van der Waals surface area contributed by atoms with Crippen molar-refractivity contribution in [2.75, 3.05) is 19.8 Å². The third kappa shape index (κ3) is 5.53. The molecule has 1 heterocycles. The predicted octanol–water partition coefficient (Wildman–Crippen LogP) is 1.95. The number of hydrogen-bond acceptors (Lipinski definition) is 5. The molecule has 122 valence electrons. The van der Waals surface area contributed by atoms with Gasteiger partial charge in [0.05, 0.1) is 6.61 Å². The molecule has 21 heavy (non-hydrogen) atoms. The Labute approximate surface area is 126 Å². The van der Waals surface area contributed by atoms with E-state index in [1.54, 1.807) is 27.7 Å². The largest absolute Gasteiger partial charge is 0.464 e. The third-order valence-corrected chi connectivity index (χ3v) is 3.44. The van der Waals surface area contributed by atoms with Crippen LogP contribution in [0.2, 0.25) is 0 Å². The highest BCUT2D eigenvalue weighted by Crippen LogP contribution is 2.27. The molecule has 0 bridgehead atoms. The summed E-state index contributed by atoms with van der Waals surface area (Å²) in [5, 5.41) is 9.05. The van der Waals surface area contributed by atoms with Gasteiger partial charge in [-0.25, -0.2) is 9.59 Å². The molecule has 1 aliphatic heterocycles. The van der Waals surface area contributed by atoms with Crippen LogP contribution in [0.1, 0.15) is 47.0 Å². The number of amides is 1. The lowest BCUT2D eigenvalue weighted by Gasteiger charge is -2.38. The molecule has 0 radical (unpaired) electrons. The number of carbonyl (C=O) groups excluding carboxylic acids is 2. The Kier molecular flexibility index (Phi) is 6.45. The Morgan fingerprint density at radius 3 is 2.52 bits per heavy atom. The minimum atomic E-state index is -0.620. The lowest BCUT2D eigenvalue weighted by atomic mass is 9.89. The first-order valence-electron chi connectivity index (χ1n) is 7.55. The zero-order valence-corrected chi connectivity index (χ0v) is 13.4. The average molecular weight is 301 g/mol. The summed E-state index contributed by atoms with van der Waals surface area (Å²) in [6.07, 6.45) is 1.43. The van der Waals surface area contributed by atoms with E-state index in [2.05, 4.69) is 0 Å². The first kappa shape index (κ1) is 17.8. The molecule has 1 unspecified atom stereocenters. The summed E-state index contributed by atoms with van der Waals surface area (Å²) in [5.41, 5.74) is -0.599. The van der Waals surface area contributed by atoms with Gasteiger partial charge in [0.15, 0.2) is 0 Å². The summed E-state index contributed by atoms with van der Waals surface area (Å²) in [5.74, 6) is -0.172. The number of piperidine rings is 1. The number of aliphatic hydroxyl groups is 1. The van der Waals surface area contributed by atoms with Crippen molar-refractivity contribution in [3.05, 3.63) is 0 Å². The van der Waals surface area contributed by atoms with Gasteiger partial charge in [0.25, 0.3) is 0 Å². The molecule has 0 aromatic heterocycles. The summed E-state index contributed by atoms with van der Waals surface area (Å²) in [4.78, 5) is 25.8.